The van der Waals surface area contributed by atoms with E-state index >= 15 is 0 Å². The highest BCUT2D eigenvalue weighted by Crippen LogP contribution is 2.33. The lowest BCUT2D eigenvalue weighted by atomic mass is 10.1. The molecule has 4 rings (SSSR count). The zero-order chi connectivity index (χ0) is 15.8. The summed E-state index contributed by atoms with van der Waals surface area (Å²) in [4.78, 5) is 4.87. The molecule has 0 fully saturated rings. The second-order valence-corrected chi connectivity index (χ2v) is 6.55. The predicted molar refractivity (Wildman–Crippen MR) is 98.5 cm³/mol. The lowest BCUT2D eigenvalue weighted by Crippen LogP contribution is -2.26. The van der Waals surface area contributed by atoms with Crippen LogP contribution in [0.4, 0.5) is 11.4 Å². The Morgan fingerprint density at radius 2 is 1.65 bits per heavy atom. The Labute approximate surface area is 138 Å². The van der Waals surface area contributed by atoms with Gasteiger partial charge in [0.25, 0.3) is 0 Å². The normalized spacial score (nSPS) is 15.5. The van der Waals surface area contributed by atoms with Gasteiger partial charge in [0.1, 0.15) is 0 Å². The van der Waals surface area contributed by atoms with Crippen molar-refractivity contribution in [1.82, 2.24) is 4.90 Å². The molecule has 0 saturated carbocycles. The predicted octanol–water partition coefficient (Wildman–Crippen LogP) is 4.73. The third-order valence-electron chi connectivity index (χ3n) is 4.72. The summed E-state index contributed by atoms with van der Waals surface area (Å²) in [5, 5.41) is 2.60. The molecular formula is C21H22N2. The van der Waals surface area contributed by atoms with E-state index in [-0.39, 0.29) is 0 Å². The summed E-state index contributed by atoms with van der Waals surface area (Å²) in [5.41, 5.74) is 5.36. The van der Waals surface area contributed by atoms with Gasteiger partial charge >= 0.3 is 0 Å². The smallest absolute Gasteiger partial charge is 0.0459 e. The first-order valence-electron chi connectivity index (χ1n) is 8.25. The van der Waals surface area contributed by atoms with Crippen molar-refractivity contribution in [2.45, 2.75) is 13.5 Å². The molecule has 1 aliphatic heterocycles. The number of hydrogen-bond acceptors (Lipinski definition) is 2. The van der Waals surface area contributed by atoms with Crippen LogP contribution in [0.25, 0.3) is 10.8 Å². The van der Waals surface area contributed by atoms with E-state index < -0.39 is 0 Å². The van der Waals surface area contributed by atoms with E-state index in [1.165, 1.54) is 33.3 Å². The van der Waals surface area contributed by atoms with Crippen LogP contribution >= 0.6 is 0 Å². The largest absolute Gasteiger partial charge is 0.340 e. The monoisotopic (exact) mass is 302 g/mol. The van der Waals surface area contributed by atoms with Crippen LogP contribution in [-0.2, 0) is 6.54 Å². The molecular weight excluding hydrogens is 280 g/mol. The molecule has 116 valence electrons. The van der Waals surface area contributed by atoms with Crippen molar-refractivity contribution >= 4 is 22.1 Å². The van der Waals surface area contributed by atoms with E-state index in [0.29, 0.717) is 0 Å². The first-order chi connectivity index (χ1) is 11.2. The highest BCUT2D eigenvalue weighted by atomic mass is 15.2. The molecule has 0 aromatic heterocycles. The summed E-state index contributed by atoms with van der Waals surface area (Å²) in [6, 6.07) is 22.2. The van der Waals surface area contributed by atoms with Gasteiger partial charge < -0.3 is 9.80 Å². The van der Waals surface area contributed by atoms with Crippen molar-refractivity contribution in [3.8, 4) is 0 Å². The summed E-state index contributed by atoms with van der Waals surface area (Å²) in [7, 11) is 2.20. The van der Waals surface area contributed by atoms with Crippen LogP contribution in [0.5, 0.6) is 0 Å². The van der Waals surface area contributed by atoms with Crippen molar-refractivity contribution in [3.63, 3.8) is 0 Å². The molecule has 2 heteroatoms. The van der Waals surface area contributed by atoms with E-state index in [2.05, 4.69) is 84.4 Å². The number of nitrogens with zero attached hydrogens (tertiary/aromatic N) is 2. The van der Waals surface area contributed by atoms with Gasteiger partial charge in [-0.2, -0.15) is 0 Å². The van der Waals surface area contributed by atoms with Gasteiger partial charge in [-0.3, -0.25) is 0 Å². The number of rotatable bonds is 1. The number of hydrogen-bond donors (Lipinski definition) is 0. The molecule has 0 unspecified atom stereocenters. The minimum Gasteiger partial charge on any atom is -0.340 e. The van der Waals surface area contributed by atoms with Crippen LogP contribution in [-0.4, -0.2) is 25.0 Å². The second kappa shape index (κ2) is 5.71. The van der Waals surface area contributed by atoms with E-state index in [1.54, 1.807) is 0 Å². The summed E-state index contributed by atoms with van der Waals surface area (Å²) in [6.45, 7) is 5.28. The summed E-state index contributed by atoms with van der Waals surface area (Å²) < 4.78 is 0. The maximum absolute atomic E-state index is 2.47. The van der Waals surface area contributed by atoms with Crippen LogP contribution in [0.15, 0.2) is 60.7 Å². The van der Waals surface area contributed by atoms with Gasteiger partial charge in [0, 0.05) is 31.0 Å². The Kier molecular flexibility index (Phi) is 3.55. The molecule has 0 amide bonds. The molecule has 0 bridgehead atoms. The fourth-order valence-corrected chi connectivity index (χ4v) is 3.43. The molecule has 0 N–H and O–H groups in total. The van der Waals surface area contributed by atoms with Gasteiger partial charge in [-0.1, -0.05) is 42.5 Å². The van der Waals surface area contributed by atoms with Crippen LogP contribution in [0.2, 0.25) is 0 Å². The Hall–Kier alpha value is -2.32. The molecule has 0 spiro atoms. The first kappa shape index (κ1) is 14.3. The number of anilines is 2. The molecule has 0 atom stereocenters. The zero-order valence-electron chi connectivity index (χ0n) is 13.8. The first-order valence-corrected chi connectivity index (χ1v) is 8.25. The topological polar surface area (TPSA) is 6.48 Å². The molecule has 23 heavy (non-hydrogen) atoms. The molecule has 1 heterocycles. The standard InChI is InChI=1S/C21H22N2/c1-16-7-8-19-15-22(2)11-12-23(21(19)13-16)20-10-9-17-5-3-4-6-18(17)14-20/h3-10,13-14H,11-12,15H2,1-2H3. The molecule has 3 aromatic carbocycles. The number of aryl methyl sites for hydroxylation is 1. The Morgan fingerprint density at radius 1 is 0.826 bits per heavy atom. The van der Waals surface area contributed by atoms with Crippen LogP contribution < -0.4 is 4.90 Å². The minimum atomic E-state index is 1.01. The summed E-state index contributed by atoms with van der Waals surface area (Å²) in [5.74, 6) is 0. The van der Waals surface area contributed by atoms with E-state index in [0.717, 1.165) is 19.6 Å². The highest BCUT2D eigenvalue weighted by Gasteiger charge is 2.19. The van der Waals surface area contributed by atoms with Crippen molar-refractivity contribution in [1.29, 1.82) is 0 Å². The SMILES string of the molecule is Cc1ccc2c(c1)N(c1ccc3ccccc3c1)CCN(C)C2. The van der Waals surface area contributed by atoms with Gasteiger partial charge in [0.05, 0.1) is 0 Å². The molecule has 2 nitrogen and oxygen atoms in total. The lowest BCUT2D eigenvalue weighted by Gasteiger charge is -2.25. The average Bonchev–Trinajstić information content (AvgIpc) is 2.73. The van der Waals surface area contributed by atoms with Crippen molar-refractivity contribution < 1.29 is 0 Å². The lowest BCUT2D eigenvalue weighted by molar-refractivity contribution is 0.343. The van der Waals surface area contributed by atoms with Crippen molar-refractivity contribution in [2.75, 3.05) is 25.0 Å². The molecule has 0 aliphatic carbocycles. The maximum atomic E-state index is 2.47. The van der Waals surface area contributed by atoms with Gasteiger partial charge in [-0.05, 0) is 54.1 Å². The second-order valence-electron chi connectivity index (χ2n) is 6.55. The van der Waals surface area contributed by atoms with E-state index in [9.17, 15) is 0 Å². The average molecular weight is 302 g/mol. The van der Waals surface area contributed by atoms with Crippen LogP contribution in [0, 0.1) is 6.92 Å². The maximum Gasteiger partial charge on any atom is 0.0459 e. The van der Waals surface area contributed by atoms with Gasteiger partial charge in [0.15, 0.2) is 0 Å². The fourth-order valence-electron chi connectivity index (χ4n) is 3.43. The van der Waals surface area contributed by atoms with Crippen molar-refractivity contribution in [3.05, 3.63) is 71.8 Å². The Bertz CT molecular complexity index is 853. The Morgan fingerprint density at radius 3 is 2.52 bits per heavy atom. The molecule has 0 saturated heterocycles. The van der Waals surface area contributed by atoms with Gasteiger partial charge in [-0.15, -0.1) is 0 Å². The quantitative estimate of drug-likeness (QED) is 0.641. The number of fused-ring (bicyclic) bond motifs is 2. The fraction of sp³-hybridized carbons (Fsp3) is 0.238. The van der Waals surface area contributed by atoms with E-state index in [1.807, 2.05) is 0 Å². The highest BCUT2D eigenvalue weighted by molar-refractivity contribution is 5.87. The summed E-state index contributed by atoms with van der Waals surface area (Å²) in [6.07, 6.45) is 0. The number of benzene rings is 3. The molecule has 0 radical (unpaired) electrons. The van der Waals surface area contributed by atoms with E-state index in [4.69, 9.17) is 0 Å². The summed E-state index contributed by atoms with van der Waals surface area (Å²) >= 11 is 0. The van der Waals surface area contributed by atoms with Crippen molar-refractivity contribution in [2.24, 2.45) is 0 Å². The van der Waals surface area contributed by atoms with Gasteiger partial charge in [-0.25, -0.2) is 0 Å². The van der Waals surface area contributed by atoms with Crippen LogP contribution in [0.1, 0.15) is 11.1 Å². The third kappa shape index (κ3) is 2.71. The third-order valence-corrected chi connectivity index (χ3v) is 4.72. The van der Waals surface area contributed by atoms with Crippen LogP contribution in [0.3, 0.4) is 0 Å². The number of likely N-dealkylation sites (N-methyl/N-ethyl adjacent to an activating group) is 1. The zero-order valence-corrected chi connectivity index (χ0v) is 13.8. The molecule has 1 aliphatic rings. The Balaban J connectivity index is 1.84. The van der Waals surface area contributed by atoms with Gasteiger partial charge in [0.2, 0.25) is 0 Å². The minimum absolute atomic E-state index is 1.01. The molecule has 3 aromatic rings.